The van der Waals surface area contributed by atoms with Crippen LogP contribution in [0.1, 0.15) is 64.1 Å². The molecule has 0 radical (unpaired) electrons. The lowest BCUT2D eigenvalue weighted by Crippen LogP contribution is -1.99. The SMILES string of the molecule is CC.CC1CCCCC1.Cc1conc1C. The molecule has 1 aliphatic carbocycles. The summed E-state index contributed by atoms with van der Waals surface area (Å²) in [6, 6.07) is 0. The van der Waals surface area contributed by atoms with Gasteiger partial charge in [0.2, 0.25) is 0 Å². The second-order valence-corrected chi connectivity index (χ2v) is 4.33. The van der Waals surface area contributed by atoms with Gasteiger partial charge < -0.3 is 4.52 Å². The fourth-order valence-electron chi connectivity index (χ4n) is 1.65. The van der Waals surface area contributed by atoms with Crippen molar-refractivity contribution in [1.29, 1.82) is 0 Å². The van der Waals surface area contributed by atoms with Gasteiger partial charge in [-0.15, -0.1) is 0 Å². The van der Waals surface area contributed by atoms with Crippen molar-refractivity contribution >= 4 is 0 Å². The van der Waals surface area contributed by atoms with Crippen LogP contribution in [-0.2, 0) is 0 Å². The van der Waals surface area contributed by atoms with E-state index >= 15 is 0 Å². The average molecular weight is 225 g/mol. The summed E-state index contributed by atoms with van der Waals surface area (Å²) in [5.74, 6) is 1.04. The van der Waals surface area contributed by atoms with E-state index in [0.29, 0.717) is 0 Å². The predicted octanol–water partition coefficient (Wildman–Crippen LogP) is 4.90. The maximum atomic E-state index is 4.59. The van der Waals surface area contributed by atoms with Gasteiger partial charge in [0.05, 0.1) is 5.69 Å². The molecule has 0 spiro atoms. The lowest BCUT2D eigenvalue weighted by molar-refractivity contribution is 0.385. The van der Waals surface area contributed by atoms with Gasteiger partial charge in [0.25, 0.3) is 0 Å². The Hall–Kier alpha value is -0.790. The molecule has 0 aliphatic heterocycles. The molecule has 0 saturated heterocycles. The van der Waals surface area contributed by atoms with Crippen LogP contribution in [-0.4, -0.2) is 5.16 Å². The molecule has 0 amide bonds. The second kappa shape index (κ2) is 9.44. The first-order valence-electron chi connectivity index (χ1n) is 6.57. The van der Waals surface area contributed by atoms with Crippen molar-refractivity contribution in [1.82, 2.24) is 5.16 Å². The third-order valence-electron chi connectivity index (χ3n) is 2.88. The minimum absolute atomic E-state index is 0.972. The molecule has 0 N–H and O–H groups in total. The Labute approximate surface area is 100 Å². The second-order valence-electron chi connectivity index (χ2n) is 4.33. The quantitative estimate of drug-likeness (QED) is 0.627. The Kier molecular flexibility index (Phi) is 8.97. The highest BCUT2D eigenvalue weighted by Gasteiger charge is 2.05. The van der Waals surface area contributed by atoms with Crippen LogP contribution in [0.2, 0.25) is 0 Å². The van der Waals surface area contributed by atoms with Crippen molar-refractivity contribution in [3.05, 3.63) is 17.5 Å². The Balaban J connectivity index is 0.000000244. The number of aromatic nitrogens is 1. The largest absolute Gasteiger partial charge is 0.364 e. The summed E-state index contributed by atoms with van der Waals surface area (Å²) < 4.78 is 4.59. The zero-order valence-electron chi connectivity index (χ0n) is 11.5. The zero-order valence-corrected chi connectivity index (χ0v) is 11.5. The molecule has 94 valence electrons. The maximum Gasteiger partial charge on any atom is 0.126 e. The molecular weight excluding hydrogens is 198 g/mol. The van der Waals surface area contributed by atoms with E-state index in [-0.39, 0.29) is 0 Å². The van der Waals surface area contributed by atoms with E-state index in [1.165, 1.54) is 32.1 Å². The number of hydrogen-bond donors (Lipinski definition) is 0. The Morgan fingerprint density at radius 3 is 1.88 bits per heavy atom. The van der Waals surface area contributed by atoms with Crippen molar-refractivity contribution in [2.45, 2.75) is 66.7 Å². The van der Waals surface area contributed by atoms with Crippen molar-refractivity contribution in [2.24, 2.45) is 5.92 Å². The molecule has 0 bridgehead atoms. The summed E-state index contributed by atoms with van der Waals surface area (Å²) in [6.07, 6.45) is 9.07. The third-order valence-corrected chi connectivity index (χ3v) is 2.88. The van der Waals surface area contributed by atoms with Gasteiger partial charge in [0.1, 0.15) is 6.26 Å². The Morgan fingerprint density at radius 2 is 1.69 bits per heavy atom. The van der Waals surface area contributed by atoms with Crippen LogP contribution in [0.3, 0.4) is 0 Å². The highest BCUT2D eigenvalue weighted by Crippen LogP contribution is 2.22. The van der Waals surface area contributed by atoms with Crippen molar-refractivity contribution in [2.75, 3.05) is 0 Å². The minimum Gasteiger partial charge on any atom is -0.364 e. The van der Waals surface area contributed by atoms with Gasteiger partial charge in [-0.25, -0.2) is 0 Å². The van der Waals surface area contributed by atoms with E-state index in [1.807, 2.05) is 27.7 Å². The maximum absolute atomic E-state index is 4.59. The molecular formula is C14H27NO. The molecule has 0 unspecified atom stereocenters. The van der Waals surface area contributed by atoms with Crippen LogP contribution >= 0.6 is 0 Å². The summed E-state index contributed by atoms with van der Waals surface area (Å²) in [7, 11) is 0. The van der Waals surface area contributed by atoms with Crippen molar-refractivity contribution in [3.8, 4) is 0 Å². The lowest BCUT2D eigenvalue weighted by Gasteiger charge is -2.15. The molecule has 1 saturated carbocycles. The molecule has 2 nitrogen and oxygen atoms in total. The predicted molar refractivity (Wildman–Crippen MR) is 69.6 cm³/mol. The molecule has 2 rings (SSSR count). The molecule has 16 heavy (non-hydrogen) atoms. The van der Waals surface area contributed by atoms with E-state index in [0.717, 1.165) is 17.2 Å². The molecule has 1 aromatic heterocycles. The monoisotopic (exact) mass is 225 g/mol. The van der Waals surface area contributed by atoms with Crippen LogP contribution in [0.15, 0.2) is 10.8 Å². The number of aryl methyl sites for hydroxylation is 2. The average Bonchev–Trinajstić information content (AvgIpc) is 2.68. The topological polar surface area (TPSA) is 26.0 Å². The lowest BCUT2D eigenvalue weighted by atomic mass is 9.91. The van der Waals surface area contributed by atoms with Crippen molar-refractivity contribution < 1.29 is 4.52 Å². The van der Waals surface area contributed by atoms with Crippen LogP contribution in [0.4, 0.5) is 0 Å². The molecule has 1 aromatic rings. The summed E-state index contributed by atoms with van der Waals surface area (Å²) in [5, 5.41) is 3.64. The standard InChI is InChI=1S/C7H14.C5H7NO.C2H6/c1-7-5-3-2-4-6-7;1-4-3-7-6-5(4)2;1-2/h7H,2-6H2,1H3;3H,1-2H3;1-2H3. The molecule has 0 aromatic carbocycles. The molecule has 0 atom stereocenters. The van der Waals surface area contributed by atoms with E-state index in [1.54, 1.807) is 6.26 Å². The minimum atomic E-state index is 0.972. The van der Waals surface area contributed by atoms with Gasteiger partial charge in [0, 0.05) is 5.56 Å². The number of nitrogens with zero attached hydrogens (tertiary/aromatic N) is 1. The smallest absolute Gasteiger partial charge is 0.126 e. The Bertz CT molecular complexity index is 232. The first-order valence-corrected chi connectivity index (χ1v) is 6.57. The third kappa shape index (κ3) is 6.65. The first kappa shape index (κ1) is 15.2. The summed E-state index contributed by atoms with van der Waals surface area (Å²) >= 11 is 0. The highest BCUT2D eigenvalue weighted by molar-refractivity contribution is 5.08. The molecule has 1 heterocycles. The normalized spacial score (nSPS) is 15.6. The fraction of sp³-hybridized carbons (Fsp3) is 0.786. The summed E-state index contributed by atoms with van der Waals surface area (Å²) in [6.45, 7) is 10.2. The first-order chi connectivity index (χ1) is 7.70. The van der Waals surface area contributed by atoms with Crippen LogP contribution < -0.4 is 0 Å². The van der Waals surface area contributed by atoms with Gasteiger partial charge in [-0.2, -0.15) is 0 Å². The van der Waals surface area contributed by atoms with Crippen LogP contribution in [0.5, 0.6) is 0 Å². The van der Waals surface area contributed by atoms with Crippen LogP contribution in [0, 0.1) is 19.8 Å². The van der Waals surface area contributed by atoms with Gasteiger partial charge >= 0.3 is 0 Å². The molecule has 1 fully saturated rings. The van der Waals surface area contributed by atoms with E-state index in [4.69, 9.17) is 0 Å². The van der Waals surface area contributed by atoms with Crippen LogP contribution in [0.25, 0.3) is 0 Å². The van der Waals surface area contributed by atoms with E-state index in [2.05, 4.69) is 16.6 Å². The number of hydrogen-bond acceptors (Lipinski definition) is 2. The van der Waals surface area contributed by atoms with E-state index in [9.17, 15) is 0 Å². The van der Waals surface area contributed by atoms with Crippen molar-refractivity contribution in [3.63, 3.8) is 0 Å². The van der Waals surface area contributed by atoms with E-state index < -0.39 is 0 Å². The molecule has 1 aliphatic rings. The van der Waals surface area contributed by atoms with Gasteiger partial charge in [0.15, 0.2) is 0 Å². The highest BCUT2D eigenvalue weighted by atomic mass is 16.5. The van der Waals surface area contributed by atoms with Gasteiger partial charge in [-0.05, 0) is 19.8 Å². The fourth-order valence-corrected chi connectivity index (χ4v) is 1.65. The Morgan fingerprint density at radius 1 is 1.12 bits per heavy atom. The molecule has 2 heteroatoms. The number of rotatable bonds is 0. The summed E-state index contributed by atoms with van der Waals surface area (Å²) in [4.78, 5) is 0. The van der Waals surface area contributed by atoms with Gasteiger partial charge in [-0.1, -0.05) is 58.0 Å². The van der Waals surface area contributed by atoms with Gasteiger partial charge in [-0.3, -0.25) is 0 Å². The summed E-state index contributed by atoms with van der Waals surface area (Å²) in [5.41, 5.74) is 2.08. The zero-order chi connectivity index (χ0) is 12.4.